The lowest BCUT2D eigenvalue weighted by Crippen LogP contribution is -2.58. The summed E-state index contributed by atoms with van der Waals surface area (Å²) >= 11 is 0. The monoisotopic (exact) mass is 285 g/mol. The summed E-state index contributed by atoms with van der Waals surface area (Å²) in [5.74, 6) is 3.11. The van der Waals surface area contributed by atoms with E-state index in [9.17, 15) is 0 Å². The van der Waals surface area contributed by atoms with Gasteiger partial charge in [-0.25, -0.2) is 9.67 Å². The highest BCUT2D eigenvalue weighted by Gasteiger charge is 2.61. The van der Waals surface area contributed by atoms with E-state index in [0.29, 0.717) is 0 Å². The van der Waals surface area contributed by atoms with E-state index < -0.39 is 0 Å². The molecule has 0 radical (unpaired) electrons. The van der Waals surface area contributed by atoms with Crippen LogP contribution in [0.1, 0.15) is 50.2 Å². The van der Waals surface area contributed by atoms with Crippen molar-refractivity contribution in [1.29, 1.82) is 0 Å². The number of aryl methyl sites for hydroxylation is 1. The van der Waals surface area contributed by atoms with E-state index in [1.54, 1.807) is 6.33 Å². The van der Waals surface area contributed by atoms with Crippen LogP contribution >= 0.6 is 0 Å². The fourth-order valence-electron chi connectivity index (χ4n) is 5.70. The lowest BCUT2D eigenvalue weighted by atomic mass is 9.47. The molecule has 4 saturated carbocycles. The van der Waals surface area contributed by atoms with Gasteiger partial charge in [0, 0.05) is 0 Å². The summed E-state index contributed by atoms with van der Waals surface area (Å²) in [6.07, 6.45) is 10.8. The molecule has 6 rings (SSSR count). The van der Waals surface area contributed by atoms with Gasteiger partial charge in [0.1, 0.15) is 12.7 Å². The van der Waals surface area contributed by atoms with Crippen LogP contribution in [-0.2, 0) is 11.0 Å². The fraction of sp³-hybridized carbons (Fsp3) is 0.733. The Bertz CT molecular complexity index is 662. The SMILES string of the molecule is Cc1noc(C23C[C@H]4C[C@H](C2)CC(n2cncn2)(C4)C3)n1. The third-order valence-electron chi connectivity index (χ3n) is 5.92. The van der Waals surface area contributed by atoms with Gasteiger partial charge in [0.2, 0.25) is 5.89 Å². The Morgan fingerprint density at radius 2 is 2.05 bits per heavy atom. The summed E-state index contributed by atoms with van der Waals surface area (Å²) in [4.78, 5) is 8.77. The minimum absolute atomic E-state index is 0.0668. The quantitative estimate of drug-likeness (QED) is 0.846. The molecule has 4 aliphatic rings. The van der Waals surface area contributed by atoms with Crippen molar-refractivity contribution < 1.29 is 4.52 Å². The predicted molar refractivity (Wildman–Crippen MR) is 73.4 cm³/mol. The van der Waals surface area contributed by atoms with Gasteiger partial charge in [-0.2, -0.15) is 10.1 Å². The van der Waals surface area contributed by atoms with E-state index in [1.807, 2.05) is 13.3 Å². The first-order valence-corrected chi connectivity index (χ1v) is 7.83. The summed E-state index contributed by atoms with van der Waals surface area (Å²) in [6, 6.07) is 0. The van der Waals surface area contributed by atoms with Gasteiger partial charge in [0.25, 0.3) is 0 Å². The number of aromatic nitrogens is 5. The molecule has 110 valence electrons. The Hall–Kier alpha value is -1.72. The molecular formula is C15H19N5O. The van der Waals surface area contributed by atoms with Crippen molar-refractivity contribution in [3.63, 3.8) is 0 Å². The van der Waals surface area contributed by atoms with Gasteiger partial charge >= 0.3 is 0 Å². The molecule has 2 aromatic heterocycles. The maximum atomic E-state index is 5.61. The van der Waals surface area contributed by atoms with Gasteiger partial charge in [-0.1, -0.05) is 5.16 Å². The molecule has 0 spiro atoms. The first kappa shape index (κ1) is 11.9. The van der Waals surface area contributed by atoms with Crippen molar-refractivity contribution in [2.75, 3.05) is 0 Å². The van der Waals surface area contributed by atoms with Gasteiger partial charge in [-0.3, -0.25) is 0 Å². The summed E-state index contributed by atoms with van der Waals surface area (Å²) in [6.45, 7) is 1.90. The number of rotatable bonds is 2. The highest BCUT2D eigenvalue weighted by molar-refractivity contribution is 5.19. The van der Waals surface area contributed by atoms with Crippen LogP contribution in [0.5, 0.6) is 0 Å². The first-order chi connectivity index (χ1) is 10.2. The summed E-state index contributed by atoms with van der Waals surface area (Å²) in [5, 5.41) is 8.51. The average Bonchev–Trinajstić information content (AvgIpc) is 3.08. The highest BCUT2D eigenvalue weighted by Crippen LogP contribution is 2.64. The lowest BCUT2D eigenvalue weighted by Gasteiger charge is -2.60. The normalized spacial score (nSPS) is 40.8. The van der Waals surface area contributed by atoms with E-state index >= 15 is 0 Å². The first-order valence-electron chi connectivity index (χ1n) is 7.83. The molecule has 4 bridgehead atoms. The van der Waals surface area contributed by atoms with E-state index in [2.05, 4.69) is 24.9 Å². The summed E-state index contributed by atoms with van der Waals surface area (Å²) in [5.41, 5.74) is 0.181. The van der Waals surface area contributed by atoms with Crippen molar-refractivity contribution in [1.82, 2.24) is 24.9 Å². The van der Waals surface area contributed by atoms with Crippen LogP contribution in [0.2, 0.25) is 0 Å². The molecule has 2 aromatic rings. The van der Waals surface area contributed by atoms with Crippen LogP contribution in [0.3, 0.4) is 0 Å². The van der Waals surface area contributed by atoms with Gasteiger partial charge < -0.3 is 4.52 Å². The van der Waals surface area contributed by atoms with Crippen molar-refractivity contribution in [2.24, 2.45) is 11.8 Å². The molecule has 0 aliphatic heterocycles. The largest absolute Gasteiger partial charge is 0.339 e. The van der Waals surface area contributed by atoms with Crippen LogP contribution in [0.4, 0.5) is 0 Å². The van der Waals surface area contributed by atoms with Crippen LogP contribution < -0.4 is 0 Å². The molecule has 2 atom stereocenters. The Morgan fingerprint density at radius 1 is 1.24 bits per heavy atom. The van der Waals surface area contributed by atoms with Gasteiger partial charge in [0.05, 0.1) is 11.0 Å². The zero-order valence-electron chi connectivity index (χ0n) is 12.2. The fourth-order valence-corrected chi connectivity index (χ4v) is 5.70. The molecular weight excluding hydrogens is 266 g/mol. The molecule has 6 nitrogen and oxygen atoms in total. The third kappa shape index (κ3) is 1.53. The third-order valence-corrected chi connectivity index (χ3v) is 5.92. The van der Waals surface area contributed by atoms with E-state index in [4.69, 9.17) is 4.52 Å². The lowest BCUT2D eigenvalue weighted by molar-refractivity contribution is -0.0786. The van der Waals surface area contributed by atoms with Crippen molar-refractivity contribution in [3.05, 3.63) is 24.4 Å². The minimum atomic E-state index is 0.0668. The zero-order valence-corrected chi connectivity index (χ0v) is 12.2. The molecule has 4 aliphatic carbocycles. The maximum Gasteiger partial charge on any atom is 0.232 e. The van der Waals surface area contributed by atoms with E-state index in [-0.39, 0.29) is 11.0 Å². The molecule has 0 unspecified atom stereocenters. The second-order valence-corrected chi connectivity index (χ2v) is 7.45. The van der Waals surface area contributed by atoms with Crippen LogP contribution in [0, 0.1) is 18.8 Å². The second kappa shape index (κ2) is 3.72. The van der Waals surface area contributed by atoms with Gasteiger partial charge in [-0.15, -0.1) is 0 Å². The van der Waals surface area contributed by atoms with E-state index in [1.165, 1.54) is 32.1 Å². The molecule has 0 saturated heterocycles. The molecule has 4 fully saturated rings. The van der Waals surface area contributed by atoms with Crippen LogP contribution in [0.25, 0.3) is 0 Å². The second-order valence-electron chi connectivity index (χ2n) is 7.45. The summed E-state index contributed by atoms with van der Waals surface area (Å²) < 4.78 is 7.72. The summed E-state index contributed by atoms with van der Waals surface area (Å²) in [7, 11) is 0. The topological polar surface area (TPSA) is 69.6 Å². The Kier molecular flexibility index (Phi) is 2.11. The highest BCUT2D eigenvalue weighted by atomic mass is 16.5. The number of nitrogens with zero attached hydrogens (tertiary/aromatic N) is 5. The zero-order chi connectivity index (χ0) is 14.1. The maximum absolute atomic E-state index is 5.61. The number of hydrogen-bond acceptors (Lipinski definition) is 5. The predicted octanol–water partition coefficient (Wildman–Crippen LogP) is 2.22. The van der Waals surface area contributed by atoms with Crippen molar-refractivity contribution in [3.8, 4) is 0 Å². The standard InChI is InChI=1S/C15H19N5O/c1-10-18-13(21-19-10)14-3-11-2-12(4-14)6-15(5-11,7-14)20-9-16-8-17-20/h8-9,11-12H,2-7H2,1H3/t11-,12-,14?,15?/m1/s1. The molecule has 2 heterocycles. The smallest absolute Gasteiger partial charge is 0.232 e. The number of hydrogen-bond donors (Lipinski definition) is 0. The Morgan fingerprint density at radius 3 is 2.67 bits per heavy atom. The molecule has 21 heavy (non-hydrogen) atoms. The molecule has 6 heteroatoms. The van der Waals surface area contributed by atoms with Crippen LogP contribution in [0.15, 0.2) is 17.2 Å². The van der Waals surface area contributed by atoms with E-state index in [0.717, 1.165) is 30.0 Å². The molecule has 0 aromatic carbocycles. The van der Waals surface area contributed by atoms with Gasteiger partial charge in [0.15, 0.2) is 5.82 Å². The van der Waals surface area contributed by atoms with Crippen LogP contribution in [-0.4, -0.2) is 24.9 Å². The van der Waals surface area contributed by atoms with Gasteiger partial charge in [-0.05, 0) is 57.3 Å². The van der Waals surface area contributed by atoms with Crippen molar-refractivity contribution in [2.45, 2.75) is 56.4 Å². The Balaban J connectivity index is 1.63. The van der Waals surface area contributed by atoms with Crippen molar-refractivity contribution >= 4 is 0 Å². The molecule has 0 N–H and O–H groups in total. The minimum Gasteiger partial charge on any atom is -0.339 e. The average molecular weight is 285 g/mol. The Labute approximate surface area is 122 Å². The molecule has 0 amide bonds.